The lowest BCUT2D eigenvalue weighted by molar-refractivity contribution is -0.118. The number of hydrogen-bond donors (Lipinski definition) is 2. The van der Waals surface area contributed by atoms with E-state index >= 15 is 0 Å². The van der Waals surface area contributed by atoms with E-state index in [-0.39, 0.29) is 18.4 Å². The summed E-state index contributed by atoms with van der Waals surface area (Å²) >= 11 is 0. The predicted octanol–water partition coefficient (Wildman–Crippen LogP) is 0.984. The zero-order chi connectivity index (χ0) is 14.4. The third kappa shape index (κ3) is 3.68. The molecular weight excluding hydrogens is 256 g/mol. The number of nitrogens with zero attached hydrogens (tertiary/aromatic N) is 2. The van der Waals surface area contributed by atoms with Crippen molar-refractivity contribution in [2.24, 2.45) is 5.73 Å². The number of pyridine rings is 1. The topological polar surface area (TPSA) is 80.5 Å². The quantitative estimate of drug-likeness (QED) is 0.811. The van der Waals surface area contributed by atoms with E-state index in [1.807, 2.05) is 12.1 Å². The summed E-state index contributed by atoms with van der Waals surface area (Å²) in [4.78, 5) is 18.6. The zero-order valence-corrected chi connectivity index (χ0v) is 11.8. The Hall–Kier alpha value is -1.66. The largest absolute Gasteiger partial charge is 0.380 e. The molecule has 1 amide bonds. The van der Waals surface area contributed by atoms with Crippen LogP contribution in [0.4, 0.5) is 11.5 Å². The fraction of sp³-hybridized carbons (Fsp3) is 0.571. The molecule has 1 unspecified atom stereocenters. The van der Waals surface area contributed by atoms with Gasteiger partial charge in [0.2, 0.25) is 5.91 Å². The van der Waals surface area contributed by atoms with Crippen molar-refractivity contribution in [3.63, 3.8) is 0 Å². The van der Waals surface area contributed by atoms with Gasteiger partial charge in [-0.15, -0.1) is 0 Å². The monoisotopic (exact) mass is 278 g/mol. The summed E-state index contributed by atoms with van der Waals surface area (Å²) in [6.45, 7) is 2.31. The molecule has 0 bridgehead atoms. The predicted molar refractivity (Wildman–Crippen MR) is 78.8 cm³/mol. The maximum Gasteiger partial charge on any atom is 0.227 e. The molecule has 6 heteroatoms. The van der Waals surface area contributed by atoms with Crippen LogP contribution in [0.1, 0.15) is 19.3 Å². The minimum Gasteiger partial charge on any atom is -0.380 e. The fourth-order valence-corrected chi connectivity index (χ4v) is 2.35. The molecule has 3 N–H and O–H groups in total. The highest BCUT2D eigenvalue weighted by molar-refractivity contribution is 5.93. The van der Waals surface area contributed by atoms with Gasteiger partial charge in [-0.1, -0.05) is 0 Å². The Morgan fingerprint density at radius 3 is 2.95 bits per heavy atom. The number of nitrogens with two attached hydrogens (primary N) is 1. The van der Waals surface area contributed by atoms with E-state index < -0.39 is 0 Å². The Balaban J connectivity index is 2.03. The fourth-order valence-electron chi connectivity index (χ4n) is 2.35. The van der Waals surface area contributed by atoms with E-state index in [1.54, 1.807) is 13.3 Å². The summed E-state index contributed by atoms with van der Waals surface area (Å²) in [5.74, 6) is 0.746. The van der Waals surface area contributed by atoms with Crippen molar-refractivity contribution < 1.29 is 9.53 Å². The standard InChI is InChI=1S/C14H22N4O2/c1-20-11(10-15)9-13(19)17-12-5-4-6-16-14(12)18-7-2-3-8-18/h4-6,11H,2-3,7-10,15H2,1H3,(H,17,19). The van der Waals surface area contributed by atoms with Gasteiger partial charge in [0.05, 0.1) is 18.2 Å². The highest BCUT2D eigenvalue weighted by Crippen LogP contribution is 2.26. The minimum absolute atomic E-state index is 0.101. The van der Waals surface area contributed by atoms with Gasteiger partial charge in [-0.2, -0.15) is 0 Å². The van der Waals surface area contributed by atoms with Crippen LogP contribution in [0.2, 0.25) is 0 Å². The number of methoxy groups -OCH3 is 1. The van der Waals surface area contributed by atoms with Gasteiger partial charge in [-0.05, 0) is 25.0 Å². The zero-order valence-electron chi connectivity index (χ0n) is 11.8. The summed E-state index contributed by atoms with van der Waals surface area (Å²) in [6.07, 6.45) is 4.09. The molecule has 1 aliphatic rings. The molecule has 2 rings (SSSR count). The van der Waals surface area contributed by atoms with Gasteiger partial charge in [0.15, 0.2) is 5.82 Å². The summed E-state index contributed by atoms with van der Waals surface area (Å²) in [7, 11) is 1.56. The van der Waals surface area contributed by atoms with Gasteiger partial charge in [0.25, 0.3) is 0 Å². The molecule has 1 aliphatic heterocycles. The molecular formula is C14H22N4O2. The van der Waals surface area contributed by atoms with Crippen molar-refractivity contribution in [1.29, 1.82) is 0 Å². The Labute approximate surface area is 119 Å². The molecule has 20 heavy (non-hydrogen) atoms. The molecule has 2 heterocycles. The molecule has 0 spiro atoms. The van der Waals surface area contributed by atoms with Crippen LogP contribution < -0.4 is 16.0 Å². The smallest absolute Gasteiger partial charge is 0.227 e. The van der Waals surface area contributed by atoms with Crippen molar-refractivity contribution in [1.82, 2.24) is 4.98 Å². The lowest BCUT2D eigenvalue weighted by Gasteiger charge is -2.20. The van der Waals surface area contributed by atoms with Crippen molar-refractivity contribution in [3.8, 4) is 0 Å². The maximum absolute atomic E-state index is 12.0. The number of rotatable bonds is 6. The van der Waals surface area contributed by atoms with Gasteiger partial charge in [-0.3, -0.25) is 4.79 Å². The molecule has 1 saturated heterocycles. The van der Waals surface area contributed by atoms with Crippen LogP contribution in [0.5, 0.6) is 0 Å². The highest BCUT2D eigenvalue weighted by atomic mass is 16.5. The maximum atomic E-state index is 12.0. The SMILES string of the molecule is COC(CN)CC(=O)Nc1cccnc1N1CCCC1. The van der Waals surface area contributed by atoms with Crippen LogP contribution >= 0.6 is 0 Å². The Morgan fingerprint density at radius 1 is 1.55 bits per heavy atom. The van der Waals surface area contributed by atoms with Crippen LogP contribution in [0.15, 0.2) is 18.3 Å². The van der Waals surface area contributed by atoms with Crippen LogP contribution in [0.25, 0.3) is 0 Å². The second-order valence-electron chi connectivity index (χ2n) is 4.91. The van der Waals surface area contributed by atoms with Gasteiger partial charge < -0.3 is 20.7 Å². The summed E-state index contributed by atoms with van der Waals surface area (Å²) < 4.78 is 5.13. The van der Waals surface area contributed by atoms with Crippen LogP contribution in [-0.2, 0) is 9.53 Å². The van der Waals surface area contributed by atoms with Crippen molar-refractivity contribution in [2.75, 3.05) is 37.0 Å². The van der Waals surface area contributed by atoms with E-state index in [1.165, 1.54) is 12.8 Å². The number of nitrogens with one attached hydrogen (secondary N) is 1. The van der Waals surface area contributed by atoms with E-state index in [9.17, 15) is 4.79 Å². The van der Waals surface area contributed by atoms with Crippen molar-refractivity contribution in [3.05, 3.63) is 18.3 Å². The lowest BCUT2D eigenvalue weighted by atomic mass is 10.2. The van der Waals surface area contributed by atoms with E-state index in [0.717, 1.165) is 24.6 Å². The van der Waals surface area contributed by atoms with Crippen LogP contribution in [0, 0.1) is 0 Å². The Morgan fingerprint density at radius 2 is 2.30 bits per heavy atom. The molecule has 1 aromatic heterocycles. The van der Waals surface area contributed by atoms with Crippen molar-refractivity contribution in [2.45, 2.75) is 25.4 Å². The number of anilines is 2. The molecule has 0 radical (unpaired) electrons. The second kappa shape index (κ2) is 7.21. The third-order valence-electron chi connectivity index (χ3n) is 3.48. The van der Waals surface area contributed by atoms with Crippen molar-refractivity contribution >= 4 is 17.4 Å². The van der Waals surface area contributed by atoms with E-state index in [0.29, 0.717) is 6.54 Å². The van der Waals surface area contributed by atoms with E-state index in [4.69, 9.17) is 10.5 Å². The summed E-state index contributed by atoms with van der Waals surface area (Å²) in [5.41, 5.74) is 6.28. The number of carbonyl (C=O) groups is 1. The molecule has 0 saturated carbocycles. The van der Waals surface area contributed by atoms with Gasteiger partial charge in [0.1, 0.15) is 0 Å². The number of ether oxygens (including phenoxy) is 1. The average molecular weight is 278 g/mol. The number of carbonyl (C=O) groups excluding carboxylic acids is 1. The first kappa shape index (κ1) is 14.7. The summed E-state index contributed by atoms with van der Waals surface area (Å²) in [6, 6.07) is 3.70. The number of hydrogen-bond acceptors (Lipinski definition) is 5. The summed E-state index contributed by atoms with van der Waals surface area (Å²) in [5, 5.41) is 2.91. The van der Waals surface area contributed by atoms with Crippen LogP contribution in [-0.4, -0.2) is 43.7 Å². The molecule has 1 atom stereocenters. The molecule has 1 aromatic rings. The minimum atomic E-state index is -0.248. The Bertz CT molecular complexity index is 443. The van der Waals surface area contributed by atoms with Gasteiger partial charge >= 0.3 is 0 Å². The normalized spacial score (nSPS) is 16.2. The second-order valence-corrected chi connectivity index (χ2v) is 4.91. The lowest BCUT2D eigenvalue weighted by Crippen LogP contribution is -2.29. The van der Waals surface area contributed by atoms with E-state index in [2.05, 4.69) is 15.2 Å². The first-order valence-electron chi connectivity index (χ1n) is 6.97. The molecule has 6 nitrogen and oxygen atoms in total. The number of amides is 1. The number of aromatic nitrogens is 1. The highest BCUT2D eigenvalue weighted by Gasteiger charge is 2.19. The first-order valence-corrected chi connectivity index (χ1v) is 6.97. The molecule has 110 valence electrons. The van der Waals surface area contributed by atoms with Gasteiger partial charge in [0, 0.05) is 32.9 Å². The third-order valence-corrected chi connectivity index (χ3v) is 3.48. The van der Waals surface area contributed by atoms with Crippen LogP contribution in [0.3, 0.4) is 0 Å². The van der Waals surface area contributed by atoms with Gasteiger partial charge in [-0.25, -0.2) is 4.98 Å². The molecule has 0 aliphatic carbocycles. The molecule has 0 aromatic carbocycles. The first-order chi connectivity index (χ1) is 9.74. The molecule has 1 fully saturated rings. The average Bonchev–Trinajstić information content (AvgIpc) is 2.99. The Kier molecular flexibility index (Phi) is 5.31.